The number of rotatable bonds is 4. The molecule has 1 saturated heterocycles. The highest BCUT2D eigenvalue weighted by atomic mass is 79.9. The predicted octanol–water partition coefficient (Wildman–Crippen LogP) is 3.79. The lowest BCUT2D eigenvalue weighted by atomic mass is 10.1. The summed E-state index contributed by atoms with van der Waals surface area (Å²) in [6, 6.07) is 11.9. The number of aryl methyl sites for hydroxylation is 1. The molecule has 1 amide bonds. The summed E-state index contributed by atoms with van der Waals surface area (Å²) in [4.78, 5) is 12.8. The van der Waals surface area contributed by atoms with Crippen LogP contribution in [0.4, 0.5) is 5.69 Å². The van der Waals surface area contributed by atoms with E-state index in [0.717, 1.165) is 22.9 Å². The second-order valence-electron chi connectivity index (χ2n) is 6.05. The molecule has 2 aromatic carbocycles. The van der Waals surface area contributed by atoms with Crippen LogP contribution in [0.15, 0.2) is 51.8 Å². The number of nitrogens with one attached hydrogen (secondary N) is 1. The SMILES string of the molecule is Cc1ccc(S(=O)(=O)N2CCCC2)cc1C(=O)Nc1ccc(Br)cc1. The van der Waals surface area contributed by atoms with Crippen molar-refractivity contribution in [3.05, 3.63) is 58.1 Å². The van der Waals surface area contributed by atoms with Crippen molar-refractivity contribution >= 4 is 37.5 Å². The highest BCUT2D eigenvalue weighted by molar-refractivity contribution is 9.10. The number of hydrogen-bond donors (Lipinski definition) is 1. The van der Waals surface area contributed by atoms with E-state index >= 15 is 0 Å². The Morgan fingerprint density at radius 2 is 1.72 bits per heavy atom. The third kappa shape index (κ3) is 3.94. The maximum absolute atomic E-state index is 12.7. The molecule has 0 spiro atoms. The molecule has 1 heterocycles. The van der Waals surface area contributed by atoms with Crippen molar-refractivity contribution in [2.45, 2.75) is 24.7 Å². The Labute approximate surface area is 156 Å². The minimum atomic E-state index is -3.54. The molecule has 0 bridgehead atoms. The van der Waals surface area contributed by atoms with Gasteiger partial charge >= 0.3 is 0 Å². The van der Waals surface area contributed by atoms with Gasteiger partial charge in [0.15, 0.2) is 0 Å². The van der Waals surface area contributed by atoms with E-state index in [0.29, 0.717) is 24.3 Å². The average Bonchev–Trinajstić information content (AvgIpc) is 3.12. The third-order valence-electron chi connectivity index (χ3n) is 4.26. The Morgan fingerprint density at radius 1 is 1.08 bits per heavy atom. The van der Waals surface area contributed by atoms with Crippen LogP contribution in [-0.2, 0) is 10.0 Å². The first-order valence-corrected chi connectivity index (χ1v) is 10.3. The quantitative estimate of drug-likeness (QED) is 0.814. The van der Waals surface area contributed by atoms with Crippen molar-refractivity contribution in [1.82, 2.24) is 4.31 Å². The van der Waals surface area contributed by atoms with E-state index in [2.05, 4.69) is 21.2 Å². The average molecular weight is 423 g/mol. The molecular formula is C18H19BrN2O3S. The van der Waals surface area contributed by atoms with Gasteiger partial charge in [-0.1, -0.05) is 22.0 Å². The molecule has 0 saturated carbocycles. The number of carbonyl (C=O) groups is 1. The number of benzene rings is 2. The molecule has 0 radical (unpaired) electrons. The smallest absolute Gasteiger partial charge is 0.255 e. The second kappa shape index (κ2) is 7.27. The minimum absolute atomic E-state index is 0.168. The fourth-order valence-corrected chi connectivity index (χ4v) is 4.62. The predicted molar refractivity (Wildman–Crippen MR) is 101 cm³/mol. The summed E-state index contributed by atoms with van der Waals surface area (Å²) in [5.74, 6) is -0.321. The summed E-state index contributed by atoms with van der Waals surface area (Å²) in [7, 11) is -3.54. The zero-order chi connectivity index (χ0) is 18.0. The lowest BCUT2D eigenvalue weighted by Gasteiger charge is -2.17. The van der Waals surface area contributed by atoms with Crippen molar-refractivity contribution in [2.75, 3.05) is 18.4 Å². The van der Waals surface area contributed by atoms with Crippen LogP contribution in [0, 0.1) is 6.92 Å². The van der Waals surface area contributed by atoms with Gasteiger partial charge in [0.25, 0.3) is 5.91 Å². The maximum atomic E-state index is 12.7. The van der Waals surface area contributed by atoms with Crippen LogP contribution < -0.4 is 5.32 Å². The van der Waals surface area contributed by atoms with Gasteiger partial charge in [0.1, 0.15) is 0 Å². The van der Waals surface area contributed by atoms with Gasteiger partial charge in [-0.3, -0.25) is 4.79 Å². The number of sulfonamides is 1. The lowest BCUT2D eigenvalue weighted by molar-refractivity contribution is 0.102. The molecule has 7 heteroatoms. The van der Waals surface area contributed by atoms with E-state index in [-0.39, 0.29) is 10.8 Å². The van der Waals surface area contributed by atoms with Gasteiger partial charge in [0.05, 0.1) is 4.90 Å². The highest BCUT2D eigenvalue weighted by Gasteiger charge is 2.28. The van der Waals surface area contributed by atoms with Gasteiger partial charge in [0, 0.05) is 28.8 Å². The van der Waals surface area contributed by atoms with E-state index in [9.17, 15) is 13.2 Å². The Kier molecular flexibility index (Phi) is 5.27. The molecule has 0 aliphatic carbocycles. The molecule has 132 valence electrons. The third-order valence-corrected chi connectivity index (χ3v) is 6.68. The Bertz CT molecular complexity index is 889. The van der Waals surface area contributed by atoms with Gasteiger partial charge in [-0.15, -0.1) is 0 Å². The van der Waals surface area contributed by atoms with Gasteiger partial charge in [-0.25, -0.2) is 8.42 Å². The molecule has 3 rings (SSSR count). The second-order valence-corrected chi connectivity index (χ2v) is 8.90. The van der Waals surface area contributed by atoms with E-state index in [1.165, 1.54) is 10.4 Å². The van der Waals surface area contributed by atoms with Crippen LogP contribution in [-0.4, -0.2) is 31.7 Å². The minimum Gasteiger partial charge on any atom is -0.322 e. The Morgan fingerprint density at radius 3 is 2.36 bits per heavy atom. The van der Waals surface area contributed by atoms with E-state index in [1.807, 2.05) is 12.1 Å². The first-order chi connectivity index (χ1) is 11.9. The van der Waals surface area contributed by atoms with Crippen molar-refractivity contribution < 1.29 is 13.2 Å². The normalized spacial score (nSPS) is 15.3. The summed E-state index contributed by atoms with van der Waals surface area (Å²) in [6.45, 7) is 2.87. The summed E-state index contributed by atoms with van der Waals surface area (Å²) >= 11 is 3.35. The zero-order valence-electron chi connectivity index (χ0n) is 13.8. The van der Waals surface area contributed by atoms with Gasteiger partial charge in [-0.05, 0) is 61.7 Å². The largest absolute Gasteiger partial charge is 0.322 e. The molecule has 0 unspecified atom stereocenters. The first-order valence-electron chi connectivity index (χ1n) is 8.05. The molecular weight excluding hydrogens is 404 g/mol. The summed E-state index contributed by atoms with van der Waals surface area (Å²) < 4.78 is 27.8. The highest BCUT2D eigenvalue weighted by Crippen LogP contribution is 2.24. The molecule has 1 aliphatic heterocycles. The number of nitrogens with zero attached hydrogens (tertiary/aromatic N) is 1. The van der Waals surface area contributed by atoms with Crippen molar-refractivity contribution in [2.24, 2.45) is 0 Å². The van der Waals surface area contributed by atoms with Crippen LogP contribution in [0.1, 0.15) is 28.8 Å². The number of amides is 1. The molecule has 0 aromatic heterocycles. The Balaban J connectivity index is 1.88. The first kappa shape index (κ1) is 18.1. The van der Waals surface area contributed by atoms with E-state index in [4.69, 9.17) is 0 Å². The standard InChI is InChI=1S/C18H19BrN2O3S/c1-13-4-9-16(25(23,24)21-10-2-3-11-21)12-17(13)18(22)20-15-7-5-14(19)6-8-15/h4-9,12H,2-3,10-11H2,1H3,(H,20,22). The van der Waals surface area contributed by atoms with Gasteiger partial charge in [0.2, 0.25) is 10.0 Å². The number of anilines is 1. The number of hydrogen-bond acceptors (Lipinski definition) is 3. The number of halogens is 1. The summed E-state index contributed by atoms with van der Waals surface area (Å²) in [5.41, 5.74) is 1.75. The summed E-state index contributed by atoms with van der Waals surface area (Å²) in [6.07, 6.45) is 1.75. The topological polar surface area (TPSA) is 66.5 Å². The van der Waals surface area contributed by atoms with Crippen molar-refractivity contribution in [3.8, 4) is 0 Å². The number of carbonyl (C=O) groups excluding carboxylic acids is 1. The van der Waals surface area contributed by atoms with Crippen molar-refractivity contribution in [3.63, 3.8) is 0 Å². The molecule has 0 atom stereocenters. The molecule has 5 nitrogen and oxygen atoms in total. The van der Waals surface area contributed by atoms with Crippen LogP contribution in [0.2, 0.25) is 0 Å². The van der Waals surface area contributed by atoms with Crippen LogP contribution in [0.3, 0.4) is 0 Å². The van der Waals surface area contributed by atoms with Crippen LogP contribution in [0.5, 0.6) is 0 Å². The molecule has 2 aromatic rings. The lowest BCUT2D eigenvalue weighted by Crippen LogP contribution is -2.28. The zero-order valence-corrected chi connectivity index (χ0v) is 16.2. The van der Waals surface area contributed by atoms with E-state index < -0.39 is 10.0 Å². The van der Waals surface area contributed by atoms with Gasteiger partial charge in [-0.2, -0.15) is 4.31 Å². The summed E-state index contributed by atoms with van der Waals surface area (Å²) in [5, 5.41) is 2.81. The van der Waals surface area contributed by atoms with E-state index in [1.54, 1.807) is 31.2 Å². The molecule has 1 N–H and O–H groups in total. The van der Waals surface area contributed by atoms with Crippen LogP contribution in [0.25, 0.3) is 0 Å². The fourth-order valence-electron chi connectivity index (χ4n) is 2.82. The molecule has 1 aliphatic rings. The monoisotopic (exact) mass is 422 g/mol. The van der Waals surface area contributed by atoms with Crippen LogP contribution >= 0.6 is 15.9 Å². The van der Waals surface area contributed by atoms with Crippen molar-refractivity contribution in [1.29, 1.82) is 0 Å². The Hall–Kier alpha value is -1.70. The maximum Gasteiger partial charge on any atom is 0.255 e. The van der Waals surface area contributed by atoms with Gasteiger partial charge < -0.3 is 5.32 Å². The molecule has 1 fully saturated rings. The fraction of sp³-hybridized carbons (Fsp3) is 0.278. The molecule has 25 heavy (non-hydrogen) atoms.